The highest BCUT2D eigenvalue weighted by atomic mass is 16.6. The third-order valence-corrected chi connectivity index (χ3v) is 4.42. The molecule has 134 valence electrons. The van der Waals surface area contributed by atoms with E-state index in [0.717, 1.165) is 0 Å². The van der Waals surface area contributed by atoms with E-state index < -0.39 is 0 Å². The van der Waals surface area contributed by atoms with Crippen molar-refractivity contribution in [1.82, 2.24) is 0 Å². The van der Waals surface area contributed by atoms with Crippen LogP contribution in [-0.2, 0) is 14.3 Å². The number of unbranched alkanes of at least 4 members (excludes halogenated alkanes) is 10. The Kier molecular flexibility index (Phi) is 11.9. The number of epoxide rings is 1. The molecule has 0 bridgehead atoms. The number of hydrogen-bond acceptors (Lipinski definition) is 3. The van der Waals surface area contributed by atoms with Gasteiger partial charge >= 0.3 is 5.97 Å². The molecule has 0 N–H and O–H groups in total. The first-order valence-corrected chi connectivity index (χ1v) is 9.69. The Morgan fingerprint density at radius 2 is 1.52 bits per heavy atom. The second kappa shape index (κ2) is 13.6. The van der Waals surface area contributed by atoms with Crippen molar-refractivity contribution in [3.63, 3.8) is 0 Å². The van der Waals surface area contributed by atoms with Crippen LogP contribution in [0.15, 0.2) is 12.2 Å². The van der Waals surface area contributed by atoms with Crippen molar-refractivity contribution >= 4 is 5.97 Å². The molecule has 0 spiro atoms. The van der Waals surface area contributed by atoms with E-state index in [1.54, 1.807) is 0 Å². The van der Waals surface area contributed by atoms with Gasteiger partial charge in [-0.05, 0) is 12.5 Å². The zero-order valence-corrected chi connectivity index (χ0v) is 15.2. The van der Waals surface area contributed by atoms with Crippen LogP contribution in [-0.4, -0.2) is 24.8 Å². The minimum atomic E-state index is -0.233. The van der Waals surface area contributed by atoms with Crippen molar-refractivity contribution in [1.29, 1.82) is 0 Å². The molecule has 0 saturated carbocycles. The molecule has 0 aromatic carbocycles. The Bertz CT molecular complexity index is 325. The van der Waals surface area contributed by atoms with E-state index in [0.29, 0.717) is 12.7 Å². The van der Waals surface area contributed by atoms with E-state index in [4.69, 9.17) is 9.47 Å². The summed E-state index contributed by atoms with van der Waals surface area (Å²) in [6.45, 7) is 4.06. The number of carbonyl (C=O) groups excluding carboxylic acids is 1. The number of carbonyl (C=O) groups is 1. The highest BCUT2D eigenvalue weighted by molar-refractivity contribution is 5.65. The Labute approximate surface area is 142 Å². The molecule has 1 aliphatic rings. The monoisotopic (exact) mass is 324 g/mol. The molecule has 2 atom stereocenters. The number of rotatable bonds is 15. The van der Waals surface area contributed by atoms with Crippen LogP contribution in [0.1, 0.15) is 90.9 Å². The summed E-state index contributed by atoms with van der Waals surface area (Å²) in [6.07, 6.45) is 21.0. The van der Waals surface area contributed by atoms with Gasteiger partial charge in [0.05, 0.1) is 6.10 Å². The second-order valence-corrected chi connectivity index (χ2v) is 6.69. The van der Waals surface area contributed by atoms with E-state index in [1.807, 2.05) is 12.2 Å². The van der Waals surface area contributed by atoms with Gasteiger partial charge < -0.3 is 9.47 Å². The van der Waals surface area contributed by atoms with Gasteiger partial charge in [0, 0.05) is 6.92 Å². The van der Waals surface area contributed by atoms with Crippen molar-refractivity contribution < 1.29 is 14.3 Å². The predicted molar refractivity (Wildman–Crippen MR) is 95.5 cm³/mol. The van der Waals surface area contributed by atoms with Gasteiger partial charge in [0.1, 0.15) is 12.7 Å². The van der Waals surface area contributed by atoms with Crippen LogP contribution in [0.3, 0.4) is 0 Å². The van der Waals surface area contributed by atoms with E-state index in [-0.39, 0.29) is 12.1 Å². The first kappa shape index (κ1) is 20.2. The van der Waals surface area contributed by atoms with Gasteiger partial charge in [-0.1, -0.05) is 83.6 Å². The molecule has 2 unspecified atom stereocenters. The summed E-state index contributed by atoms with van der Waals surface area (Å²) in [5, 5.41) is 0. The number of esters is 1. The van der Waals surface area contributed by atoms with Gasteiger partial charge in [0.15, 0.2) is 0 Å². The fraction of sp³-hybridized carbons (Fsp3) is 0.850. The molecule has 23 heavy (non-hydrogen) atoms. The van der Waals surface area contributed by atoms with E-state index in [1.165, 1.54) is 84.0 Å². The molecule has 0 aromatic rings. The fourth-order valence-corrected chi connectivity index (χ4v) is 2.92. The number of hydrogen-bond donors (Lipinski definition) is 0. The van der Waals surface area contributed by atoms with Crippen molar-refractivity contribution in [2.24, 2.45) is 0 Å². The molecule has 0 aliphatic carbocycles. The first-order valence-electron chi connectivity index (χ1n) is 9.69. The van der Waals surface area contributed by atoms with Gasteiger partial charge in [0.2, 0.25) is 0 Å². The molecule has 3 nitrogen and oxygen atoms in total. The van der Waals surface area contributed by atoms with E-state index in [9.17, 15) is 4.79 Å². The van der Waals surface area contributed by atoms with Gasteiger partial charge in [-0.15, -0.1) is 0 Å². The highest BCUT2D eigenvalue weighted by Crippen LogP contribution is 2.28. The molecule has 3 heteroatoms. The lowest BCUT2D eigenvalue weighted by molar-refractivity contribution is -0.139. The molecule has 1 fully saturated rings. The maximum absolute atomic E-state index is 10.6. The molecule has 0 radical (unpaired) electrons. The Morgan fingerprint density at radius 1 is 0.957 bits per heavy atom. The maximum atomic E-state index is 10.6. The summed E-state index contributed by atoms with van der Waals surface area (Å²) in [4.78, 5) is 10.6. The highest BCUT2D eigenvalue weighted by Gasteiger charge is 2.35. The Hall–Kier alpha value is -0.830. The Balaban J connectivity index is 1.78. The molecular formula is C20H36O3. The molecule has 1 aliphatic heterocycles. The van der Waals surface area contributed by atoms with E-state index >= 15 is 0 Å². The quantitative estimate of drug-likeness (QED) is 0.171. The van der Waals surface area contributed by atoms with Crippen LogP contribution in [0.2, 0.25) is 0 Å². The first-order chi connectivity index (χ1) is 11.2. The summed E-state index contributed by atoms with van der Waals surface area (Å²) in [7, 11) is 0. The molecule has 1 heterocycles. The van der Waals surface area contributed by atoms with Crippen LogP contribution in [0.25, 0.3) is 0 Å². The Morgan fingerprint density at radius 3 is 2.09 bits per heavy atom. The van der Waals surface area contributed by atoms with Gasteiger partial charge in [-0.3, -0.25) is 4.79 Å². The standard InChI is InChI=1S/C20H36O3/c1-3-4-5-6-7-8-9-10-11-12-13-15-19-20(23-19)16-14-17-22-18(2)21/h14,16,19-20H,3-13,15,17H2,1-2H3/b16-14+. The SMILES string of the molecule is CCCCCCCCCCCCCC1OC1/C=C/COC(C)=O. The van der Waals surface area contributed by atoms with Gasteiger partial charge in [-0.25, -0.2) is 0 Å². The lowest BCUT2D eigenvalue weighted by Crippen LogP contribution is -1.98. The third-order valence-electron chi connectivity index (χ3n) is 4.42. The van der Waals surface area contributed by atoms with Crippen LogP contribution in [0.5, 0.6) is 0 Å². The van der Waals surface area contributed by atoms with Crippen LogP contribution < -0.4 is 0 Å². The molecule has 1 rings (SSSR count). The summed E-state index contributed by atoms with van der Waals surface area (Å²) in [5.41, 5.74) is 0. The maximum Gasteiger partial charge on any atom is 0.302 e. The minimum absolute atomic E-state index is 0.233. The lowest BCUT2D eigenvalue weighted by Gasteiger charge is -2.02. The lowest BCUT2D eigenvalue weighted by atomic mass is 10.0. The zero-order chi connectivity index (χ0) is 16.8. The fourth-order valence-electron chi connectivity index (χ4n) is 2.92. The van der Waals surface area contributed by atoms with Crippen molar-refractivity contribution in [3.8, 4) is 0 Å². The van der Waals surface area contributed by atoms with Crippen LogP contribution >= 0.6 is 0 Å². The topological polar surface area (TPSA) is 38.8 Å². The smallest absolute Gasteiger partial charge is 0.302 e. The zero-order valence-electron chi connectivity index (χ0n) is 15.2. The van der Waals surface area contributed by atoms with Crippen molar-refractivity contribution in [2.45, 2.75) is 103 Å². The molecule has 1 saturated heterocycles. The van der Waals surface area contributed by atoms with E-state index in [2.05, 4.69) is 6.92 Å². The number of ether oxygens (including phenoxy) is 2. The average Bonchev–Trinajstić information content (AvgIpc) is 3.27. The molecular weight excluding hydrogens is 288 g/mol. The minimum Gasteiger partial charge on any atom is -0.462 e. The molecule has 0 amide bonds. The predicted octanol–water partition coefficient (Wildman–Crippen LogP) is 5.57. The summed E-state index contributed by atoms with van der Waals surface area (Å²) in [5.74, 6) is -0.233. The summed E-state index contributed by atoms with van der Waals surface area (Å²) in [6, 6.07) is 0. The molecule has 0 aromatic heterocycles. The van der Waals surface area contributed by atoms with Gasteiger partial charge in [0.25, 0.3) is 0 Å². The average molecular weight is 325 g/mol. The van der Waals surface area contributed by atoms with Gasteiger partial charge in [-0.2, -0.15) is 0 Å². The van der Waals surface area contributed by atoms with Crippen molar-refractivity contribution in [3.05, 3.63) is 12.2 Å². The van der Waals surface area contributed by atoms with Crippen LogP contribution in [0, 0.1) is 0 Å². The normalized spacial score (nSPS) is 20.1. The third kappa shape index (κ3) is 12.3. The largest absolute Gasteiger partial charge is 0.462 e. The summed E-state index contributed by atoms with van der Waals surface area (Å²) < 4.78 is 10.4. The second-order valence-electron chi connectivity index (χ2n) is 6.69. The van der Waals surface area contributed by atoms with Crippen LogP contribution in [0.4, 0.5) is 0 Å². The van der Waals surface area contributed by atoms with Crippen molar-refractivity contribution in [2.75, 3.05) is 6.61 Å². The summed E-state index contributed by atoms with van der Waals surface area (Å²) >= 11 is 0.